The number of nitrogens with two attached hydrogens (primary N) is 1. The van der Waals surface area contributed by atoms with E-state index in [0.717, 1.165) is 12.1 Å². The molecule has 0 saturated carbocycles. The van der Waals surface area contributed by atoms with Gasteiger partial charge >= 0.3 is 0 Å². The molecule has 3 nitrogen and oxygen atoms in total. The summed E-state index contributed by atoms with van der Waals surface area (Å²) in [5.41, 5.74) is 4.79. The number of hydrogen-bond acceptors (Lipinski definition) is 3. The molecular weight excluding hydrogens is 270 g/mol. The van der Waals surface area contributed by atoms with Crippen LogP contribution in [0.2, 0.25) is 0 Å². The third-order valence-electron chi connectivity index (χ3n) is 2.55. The molecule has 0 aromatic heterocycles. The predicted molar refractivity (Wildman–Crippen MR) is 76.4 cm³/mol. The van der Waals surface area contributed by atoms with Crippen molar-refractivity contribution in [2.45, 2.75) is 26.4 Å². The van der Waals surface area contributed by atoms with E-state index < -0.39 is 17.2 Å². The van der Waals surface area contributed by atoms with Gasteiger partial charge in [0.25, 0.3) is 0 Å². The molecule has 19 heavy (non-hydrogen) atoms. The molecule has 0 bridgehead atoms. The summed E-state index contributed by atoms with van der Waals surface area (Å²) in [5.74, 6) is -1.45. The number of ether oxygens (including phenoxy) is 1. The first-order chi connectivity index (χ1) is 8.76. The normalized spacial score (nSPS) is 11.4. The van der Waals surface area contributed by atoms with Crippen LogP contribution in [0.15, 0.2) is 12.1 Å². The van der Waals surface area contributed by atoms with Crippen molar-refractivity contribution in [1.29, 1.82) is 0 Å². The smallest absolute Gasteiger partial charge is 0.150 e. The SMILES string of the molecule is CCOC(C)(C)CNc1c(F)cc(C(N)=S)cc1F. The van der Waals surface area contributed by atoms with Gasteiger partial charge < -0.3 is 15.8 Å². The van der Waals surface area contributed by atoms with Crippen molar-refractivity contribution in [1.82, 2.24) is 0 Å². The van der Waals surface area contributed by atoms with Gasteiger partial charge in [0.2, 0.25) is 0 Å². The van der Waals surface area contributed by atoms with Crippen molar-refractivity contribution in [2.75, 3.05) is 18.5 Å². The first-order valence-electron chi connectivity index (χ1n) is 5.93. The van der Waals surface area contributed by atoms with Crippen LogP contribution in [0.1, 0.15) is 26.3 Å². The van der Waals surface area contributed by atoms with Gasteiger partial charge in [-0.3, -0.25) is 0 Å². The molecule has 0 aliphatic rings. The van der Waals surface area contributed by atoms with E-state index >= 15 is 0 Å². The van der Waals surface area contributed by atoms with Gasteiger partial charge in [-0.25, -0.2) is 8.78 Å². The largest absolute Gasteiger partial charge is 0.389 e. The summed E-state index contributed by atoms with van der Waals surface area (Å²) in [6.45, 7) is 6.34. The molecule has 0 heterocycles. The second-order valence-electron chi connectivity index (χ2n) is 4.73. The minimum Gasteiger partial charge on any atom is -0.389 e. The van der Waals surface area contributed by atoms with Gasteiger partial charge in [0, 0.05) is 18.7 Å². The fraction of sp³-hybridized carbons (Fsp3) is 0.462. The Balaban J connectivity index is 2.88. The maximum Gasteiger partial charge on any atom is 0.150 e. The number of benzene rings is 1. The molecule has 0 saturated heterocycles. The topological polar surface area (TPSA) is 47.3 Å². The summed E-state index contributed by atoms with van der Waals surface area (Å²) in [5, 5.41) is 2.71. The van der Waals surface area contributed by atoms with E-state index in [9.17, 15) is 8.78 Å². The summed E-state index contributed by atoms with van der Waals surface area (Å²) < 4.78 is 33.0. The third kappa shape index (κ3) is 4.40. The molecule has 0 amide bonds. The number of halogens is 2. The van der Waals surface area contributed by atoms with Crippen molar-refractivity contribution in [3.8, 4) is 0 Å². The lowest BCUT2D eigenvalue weighted by Gasteiger charge is -2.25. The molecule has 6 heteroatoms. The Labute approximate surface area is 117 Å². The fourth-order valence-electron chi connectivity index (χ4n) is 1.63. The molecule has 3 N–H and O–H groups in total. The van der Waals surface area contributed by atoms with Gasteiger partial charge in [0.05, 0.1) is 5.60 Å². The molecular formula is C13H18F2N2OS. The second kappa shape index (κ2) is 6.25. The van der Waals surface area contributed by atoms with Crippen LogP contribution in [0.5, 0.6) is 0 Å². The minimum atomic E-state index is -0.727. The van der Waals surface area contributed by atoms with Crippen LogP contribution < -0.4 is 11.1 Å². The average Bonchev–Trinajstić information content (AvgIpc) is 2.27. The van der Waals surface area contributed by atoms with Crippen LogP contribution in [0, 0.1) is 11.6 Å². The molecule has 1 aromatic rings. The van der Waals surface area contributed by atoms with E-state index in [-0.39, 0.29) is 22.8 Å². The standard InChI is InChI=1S/C13H18F2N2OS/c1-4-18-13(2,3)7-17-11-9(14)5-8(12(16)19)6-10(11)15/h5-6,17H,4,7H2,1-3H3,(H2,16,19). The highest BCUT2D eigenvalue weighted by Gasteiger charge is 2.20. The lowest BCUT2D eigenvalue weighted by molar-refractivity contribution is 0.000624. The maximum absolute atomic E-state index is 13.8. The Morgan fingerprint density at radius 2 is 1.89 bits per heavy atom. The molecule has 0 atom stereocenters. The van der Waals surface area contributed by atoms with Crippen LogP contribution in [-0.2, 0) is 4.74 Å². The van der Waals surface area contributed by atoms with E-state index in [1.54, 1.807) is 0 Å². The van der Waals surface area contributed by atoms with Gasteiger partial charge in [0.15, 0.2) is 0 Å². The quantitative estimate of drug-likeness (QED) is 0.790. The van der Waals surface area contributed by atoms with Crippen LogP contribution in [-0.4, -0.2) is 23.7 Å². The van der Waals surface area contributed by atoms with Crippen LogP contribution in [0.4, 0.5) is 14.5 Å². The van der Waals surface area contributed by atoms with E-state index in [0.29, 0.717) is 6.61 Å². The molecule has 1 aromatic carbocycles. The number of thiocarbonyl (C=S) groups is 1. The number of hydrogen-bond donors (Lipinski definition) is 2. The van der Waals surface area contributed by atoms with Crippen molar-refractivity contribution in [3.63, 3.8) is 0 Å². The Hall–Kier alpha value is -1.27. The number of rotatable bonds is 6. The highest BCUT2D eigenvalue weighted by molar-refractivity contribution is 7.80. The zero-order chi connectivity index (χ0) is 14.6. The molecule has 1 rings (SSSR count). The lowest BCUT2D eigenvalue weighted by atomic mass is 10.1. The highest BCUT2D eigenvalue weighted by Crippen LogP contribution is 2.22. The summed E-state index contributed by atoms with van der Waals surface area (Å²) in [6.07, 6.45) is 0. The molecule has 0 fully saturated rings. The molecule has 0 radical (unpaired) electrons. The van der Waals surface area contributed by atoms with Gasteiger partial charge in [-0.05, 0) is 32.9 Å². The van der Waals surface area contributed by atoms with Gasteiger partial charge in [-0.2, -0.15) is 0 Å². The van der Waals surface area contributed by atoms with Gasteiger partial charge in [0.1, 0.15) is 22.3 Å². The van der Waals surface area contributed by atoms with Crippen molar-refractivity contribution < 1.29 is 13.5 Å². The van der Waals surface area contributed by atoms with E-state index in [4.69, 9.17) is 10.5 Å². The second-order valence-corrected chi connectivity index (χ2v) is 5.17. The van der Waals surface area contributed by atoms with Crippen molar-refractivity contribution >= 4 is 22.9 Å². The Kier molecular flexibility index (Phi) is 5.20. The zero-order valence-electron chi connectivity index (χ0n) is 11.2. The Morgan fingerprint density at radius 1 is 1.37 bits per heavy atom. The monoisotopic (exact) mass is 288 g/mol. The van der Waals surface area contributed by atoms with E-state index in [1.807, 2.05) is 20.8 Å². The third-order valence-corrected chi connectivity index (χ3v) is 2.79. The average molecular weight is 288 g/mol. The van der Waals surface area contributed by atoms with Crippen molar-refractivity contribution in [2.24, 2.45) is 5.73 Å². The molecule has 106 valence electrons. The van der Waals surface area contributed by atoms with Crippen LogP contribution in [0.25, 0.3) is 0 Å². The Bertz CT molecular complexity index is 455. The van der Waals surface area contributed by atoms with Gasteiger partial charge in [-0.1, -0.05) is 12.2 Å². The summed E-state index contributed by atoms with van der Waals surface area (Å²) in [7, 11) is 0. The summed E-state index contributed by atoms with van der Waals surface area (Å²) >= 11 is 4.69. The molecule has 0 aliphatic carbocycles. The zero-order valence-corrected chi connectivity index (χ0v) is 12.0. The summed E-state index contributed by atoms with van der Waals surface area (Å²) in [4.78, 5) is -0.0426. The molecule has 0 aliphatic heterocycles. The lowest BCUT2D eigenvalue weighted by Crippen LogP contribution is -2.33. The Morgan fingerprint density at radius 3 is 2.32 bits per heavy atom. The fourth-order valence-corrected chi connectivity index (χ4v) is 1.75. The summed E-state index contributed by atoms with van der Waals surface area (Å²) in [6, 6.07) is 2.23. The predicted octanol–water partition coefficient (Wildman–Crippen LogP) is 2.83. The van der Waals surface area contributed by atoms with Crippen LogP contribution in [0.3, 0.4) is 0 Å². The minimum absolute atomic E-state index is 0.0426. The number of nitrogens with one attached hydrogen (secondary N) is 1. The van der Waals surface area contributed by atoms with E-state index in [1.165, 1.54) is 0 Å². The maximum atomic E-state index is 13.8. The first-order valence-corrected chi connectivity index (χ1v) is 6.34. The van der Waals surface area contributed by atoms with Gasteiger partial charge in [-0.15, -0.1) is 0 Å². The van der Waals surface area contributed by atoms with E-state index in [2.05, 4.69) is 17.5 Å². The van der Waals surface area contributed by atoms with Crippen molar-refractivity contribution in [3.05, 3.63) is 29.3 Å². The molecule has 0 unspecified atom stereocenters. The number of anilines is 1. The highest BCUT2D eigenvalue weighted by atomic mass is 32.1. The van der Waals surface area contributed by atoms with Crippen LogP contribution >= 0.6 is 12.2 Å². The molecule has 0 spiro atoms. The first kappa shape index (κ1) is 15.8.